The van der Waals surface area contributed by atoms with Gasteiger partial charge in [0.25, 0.3) is 0 Å². The minimum atomic E-state index is -0.485. The predicted molar refractivity (Wildman–Crippen MR) is 118 cm³/mol. The van der Waals surface area contributed by atoms with Crippen molar-refractivity contribution in [3.05, 3.63) is 50.2 Å². The van der Waals surface area contributed by atoms with Gasteiger partial charge in [-0.2, -0.15) is 0 Å². The van der Waals surface area contributed by atoms with Crippen molar-refractivity contribution in [2.24, 2.45) is 0 Å². The Morgan fingerprint density at radius 3 is 3.10 bits per heavy atom. The van der Waals surface area contributed by atoms with Crippen LogP contribution in [0.4, 0.5) is 9.80 Å². The molecule has 0 radical (unpaired) electrons. The van der Waals surface area contributed by atoms with Gasteiger partial charge in [0.1, 0.15) is 11.2 Å². The number of fused-ring (bicyclic) bond motifs is 5. The fourth-order valence-corrected chi connectivity index (χ4v) is 5.69. The smallest absolute Gasteiger partial charge is 0.427 e. The Labute approximate surface area is 182 Å². The van der Waals surface area contributed by atoms with Gasteiger partial charge in [-0.25, -0.2) is 15.2 Å². The number of hydrogen-bond acceptors (Lipinski definition) is 7. The van der Waals surface area contributed by atoms with Gasteiger partial charge in [0.15, 0.2) is 6.61 Å². The average Bonchev–Trinajstić information content (AvgIpc) is 3.31. The second-order valence-electron chi connectivity index (χ2n) is 7.11. The Morgan fingerprint density at radius 1 is 1.40 bits per heavy atom. The van der Waals surface area contributed by atoms with Crippen LogP contribution in [0.15, 0.2) is 24.3 Å². The number of rotatable bonds is 2. The van der Waals surface area contributed by atoms with Gasteiger partial charge in [-0.1, -0.05) is 41.8 Å². The number of carbonyl (C=O) groups is 1. The van der Waals surface area contributed by atoms with Crippen molar-refractivity contribution in [2.75, 3.05) is 31.3 Å². The molecule has 5 rings (SSSR count). The molecule has 1 aromatic heterocycles. The lowest BCUT2D eigenvalue weighted by Crippen LogP contribution is -2.50. The van der Waals surface area contributed by atoms with E-state index < -0.39 is 6.09 Å². The number of ether oxygens (including phenoxy) is 1. The highest BCUT2D eigenvalue weighted by atomic mass is 35.5. The predicted octanol–water partition coefficient (Wildman–Crippen LogP) is 0.896. The summed E-state index contributed by atoms with van der Waals surface area (Å²) >= 11 is 8.29. The van der Waals surface area contributed by atoms with Crippen LogP contribution in [0.25, 0.3) is 12.3 Å². The van der Waals surface area contributed by atoms with Crippen LogP contribution < -0.4 is 30.7 Å². The van der Waals surface area contributed by atoms with E-state index in [2.05, 4.69) is 39.2 Å². The zero-order valence-corrected chi connectivity index (χ0v) is 17.6. The number of amides is 1. The normalized spacial score (nSPS) is 21.7. The highest BCUT2D eigenvalue weighted by Crippen LogP contribution is 2.38. The molecule has 30 heavy (non-hydrogen) atoms. The number of thiophene rings is 1. The second kappa shape index (κ2) is 7.85. The van der Waals surface area contributed by atoms with Gasteiger partial charge < -0.3 is 20.3 Å². The van der Waals surface area contributed by atoms with Crippen molar-refractivity contribution < 1.29 is 9.53 Å². The van der Waals surface area contributed by atoms with Crippen LogP contribution in [0.2, 0.25) is 5.02 Å². The van der Waals surface area contributed by atoms with E-state index in [4.69, 9.17) is 22.8 Å². The Hall–Kier alpha value is -2.70. The first kappa shape index (κ1) is 19.3. The third kappa shape index (κ3) is 3.11. The Morgan fingerprint density at radius 2 is 2.27 bits per heavy atom. The van der Waals surface area contributed by atoms with Crippen LogP contribution in [0.3, 0.4) is 0 Å². The molecule has 3 aliphatic heterocycles. The molecule has 2 atom stereocenters. The van der Waals surface area contributed by atoms with E-state index in [9.17, 15) is 4.79 Å². The van der Waals surface area contributed by atoms with E-state index in [1.165, 1.54) is 20.3 Å². The second-order valence-corrected chi connectivity index (χ2v) is 8.55. The van der Waals surface area contributed by atoms with Crippen molar-refractivity contribution in [1.82, 2.24) is 21.1 Å². The molecule has 154 valence electrons. The van der Waals surface area contributed by atoms with E-state index in [0.717, 1.165) is 17.1 Å². The van der Waals surface area contributed by atoms with Gasteiger partial charge in [-0.05, 0) is 16.8 Å². The Balaban J connectivity index is 1.62. The van der Waals surface area contributed by atoms with Crippen molar-refractivity contribution in [3.8, 4) is 12.3 Å². The van der Waals surface area contributed by atoms with E-state index in [0.29, 0.717) is 18.2 Å². The summed E-state index contributed by atoms with van der Waals surface area (Å²) in [6.07, 6.45) is 8.75. The van der Waals surface area contributed by atoms with Gasteiger partial charge >= 0.3 is 6.09 Å². The third-order valence-corrected chi connectivity index (χ3v) is 7.01. The first-order chi connectivity index (χ1) is 14.7. The number of halogens is 1. The van der Waals surface area contributed by atoms with E-state index in [1.54, 1.807) is 11.3 Å². The summed E-state index contributed by atoms with van der Waals surface area (Å²) in [5, 5.41) is 11.5. The van der Waals surface area contributed by atoms with Gasteiger partial charge in [0.05, 0.1) is 17.2 Å². The lowest BCUT2D eigenvalue weighted by atomic mass is 9.98. The van der Waals surface area contributed by atoms with E-state index in [-0.39, 0.29) is 18.8 Å². The molecule has 0 spiro atoms. The number of nitrogens with zero attached hydrogens (tertiary/aromatic N) is 2. The van der Waals surface area contributed by atoms with Crippen molar-refractivity contribution in [1.29, 1.82) is 0 Å². The molecular formula is C21H20ClN5O2S. The molecule has 1 fully saturated rings. The maximum Gasteiger partial charge on any atom is 0.427 e. The molecule has 0 bridgehead atoms. The number of carbonyl (C=O) groups excluding carboxylic acids is 1. The molecule has 3 N–H and O–H groups in total. The summed E-state index contributed by atoms with van der Waals surface area (Å²) in [5.41, 5.74) is 5.34. The van der Waals surface area contributed by atoms with Crippen molar-refractivity contribution in [3.63, 3.8) is 0 Å². The number of nitrogens with one attached hydrogen (secondary N) is 3. The van der Waals surface area contributed by atoms with Gasteiger partial charge in [-0.3, -0.25) is 0 Å². The molecule has 7 nitrogen and oxygen atoms in total. The lowest BCUT2D eigenvalue weighted by molar-refractivity contribution is 0.0908. The summed E-state index contributed by atoms with van der Waals surface area (Å²) in [6, 6.07) is 7.79. The Bertz CT molecular complexity index is 1160. The number of benzene rings is 1. The number of hydrazine groups is 1. The van der Waals surface area contributed by atoms with Crippen molar-refractivity contribution in [2.45, 2.75) is 12.2 Å². The SMILES string of the molecule is C#CCOC(=O)N1NCN2c3sc4c(c3C(c3ccccc3Cl)NCC12)=CCNC=4. The molecule has 9 heteroatoms. The van der Waals surface area contributed by atoms with Crippen molar-refractivity contribution >= 4 is 46.3 Å². The zero-order valence-electron chi connectivity index (χ0n) is 16.0. The third-order valence-electron chi connectivity index (χ3n) is 5.47. The molecule has 2 aromatic rings. The largest absolute Gasteiger partial charge is 0.435 e. The van der Waals surface area contributed by atoms with Gasteiger partial charge in [0.2, 0.25) is 0 Å². The molecule has 3 aliphatic rings. The zero-order chi connectivity index (χ0) is 20.7. The minimum Gasteiger partial charge on any atom is -0.435 e. The van der Waals surface area contributed by atoms with Crippen LogP contribution in [-0.2, 0) is 4.74 Å². The highest BCUT2D eigenvalue weighted by molar-refractivity contribution is 7.14. The molecule has 2 unspecified atom stereocenters. The minimum absolute atomic E-state index is 0.0620. The standard InChI is InChI=1S/C21H20ClN5O2S/c1-2-9-29-21(28)27-17-11-24-19(13-5-3-4-6-15(13)22)18-14-7-8-23-10-16(14)30-20(18)26(17)12-25-27/h1,3-7,10,17,19,23-25H,8-9,11-12H2. The van der Waals surface area contributed by atoms with Crippen LogP contribution >= 0.6 is 22.9 Å². The van der Waals surface area contributed by atoms with Crippen LogP contribution in [0.1, 0.15) is 17.2 Å². The molecule has 1 amide bonds. The molecular weight excluding hydrogens is 422 g/mol. The summed E-state index contributed by atoms with van der Waals surface area (Å²) in [5.74, 6) is 2.34. The first-order valence-corrected chi connectivity index (χ1v) is 10.8. The molecule has 0 aliphatic carbocycles. The number of terminal acetylenes is 1. The highest BCUT2D eigenvalue weighted by Gasteiger charge is 2.42. The van der Waals surface area contributed by atoms with Crippen LogP contribution in [0, 0.1) is 12.3 Å². The quantitative estimate of drug-likeness (QED) is 0.602. The van der Waals surface area contributed by atoms with Gasteiger partial charge in [0, 0.05) is 29.9 Å². The number of hydrogen-bond donors (Lipinski definition) is 3. The van der Waals surface area contributed by atoms with Gasteiger partial charge in [-0.15, -0.1) is 17.8 Å². The summed E-state index contributed by atoms with van der Waals surface area (Å²) < 4.78 is 6.32. The fourth-order valence-electron chi connectivity index (χ4n) is 4.16. The molecule has 4 heterocycles. The monoisotopic (exact) mass is 441 g/mol. The van der Waals surface area contributed by atoms with Crippen LogP contribution in [-0.4, -0.2) is 43.6 Å². The topological polar surface area (TPSA) is 68.9 Å². The first-order valence-electron chi connectivity index (χ1n) is 9.63. The number of anilines is 1. The van der Waals surface area contributed by atoms with E-state index >= 15 is 0 Å². The maximum atomic E-state index is 12.5. The molecule has 1 aromatic carbocycles. The fraction of sp³-hybridized carbons (Fsp3) is 0.286. The van der Waals surface area contributed by atoms with Crippen LogP contribution in [0.5, 0.6) is 0 Å². The molecule has 1 saturated heterocycles. The Kier molecular flexibility index (Phi) is 5.05. The summed E-state index contributed by atoms with van der Waals surface area (Å²) in [4.78, 5) is 14.7. The van der Waals surface area contributed by atoms with E-state index in [1.807, 2.05) is 24.3 Å². The lowest BCUT2D eigenvalue weighted by Gasteiger charge is -2.27. The summed E-state index contributed by atoms with van der Waals surface area (Å²) in [6.45, 7) is 1.74. The molecule has 0 saturated carbocycles. The average molecular weight is 442 g/mol. The summed E-state index contributed by atoms with van der Waals surface area (Å²) in [7, 11) is 0. The maximum absolute atomic E-state index is 12.5.